The van der Waals surface area contributed by atoms with Crippen LogP contribution in [0.25, 0.3) is 5.95 Å². The van der Waals surface area contributed by atoms with E-state index in [1.165, 1.54) is 5.56 Å². The molecule has 1 aromatic carbocycles. The molecule has 3 aromatic rings. The Morgan fingerprint density at radius 1 is 1.08 bits per heavy atom. The summed E-state index contributed by atoms with van der Waals surface area (Å²) >= 11 is 0. The topological polar surface area (TPSA) is 72.7 Å². The van der Waals surface area contributed by atoms with E-state index in [0.29, 0.717) is 17.2 Å². The Bertz CT molecular complexity index is 850. The fraction of sp³-hybridized carbons (Fsp3) is 0.222. The van der Waals surface area contributed by atoms with Crippen LogP contribution in [0.4, 0.5) is 5.69 Å². The van der Waals surface area contributed by atoms with Crippen LogP contribution in [0.3, 0.4) is 0 Å². The van der Waals surface area contributed by atoms with Gasteiger partial charge in [-0.05, 0) is 38.0 Å². The van der Waals surface area contributed by atoms with Gasteiger partial charge in [0.25, 0.3) is 5.91 Å². The lowest BCUT2D eigenvalue weighted by Crippen LogP contribution is -2.13. The molecule has 3 rings (SSSR count). The average Bonchev–Trinajstić information content (AvgIpc) is 2.95. The first-order valence-electron chi connectivity index (χ1n) is 7.81. The molecular formula is C18H19N5O. The van der Waals surface area contributed by atoms with Gasteiger partial charge in [-0.3, -0.25) is 9.36 Å². The number of amides is 1. The van der Waals surface area contributed by atoms with Gasteiger partial charge in [0.05, 0.1) is 23.8 Å². The van der Waals surface area contributed by atoms with Gasteiger partial charge in [-0.2, -0.15) is 0 Å². The molecule has 0 atom stereocenters. The molecule has 2 aromatic heterocycles. The highest BCUT2D eigenvalue weighted by atomic mass is 16.1. The van der Waals surface area contributed by atoms with Gasteiger partial charge in [-0.15, -0.1) is 0 Å². The van der Waals surface area contributed by atoms with Crippen molar-refractivity contribution in [2.45, 2.75) is 27.2 Å². The smallest absolute Gasteiger partial charge is 0.255 e. The molecule has 6 nitrogen and oxygen atoms in total. The number of aryl methyl sites for hydroxylation is 2. The fourth-order valence-electron chi connectivity index (χ4n) is 2.31. The second-order valence-corrected chi connectivity index (χ2v) is 5.56. The Kier molecular flexibility index (Phi) is 4.37. The van der Waals surface area contributed by atoms with Gasteiger partial charge in [0.15, 0.2) is 0 Å². The number of carbonyl (C=O) groups excluding carboxylic acids is 1. The molecule has 0 bridgehead atoms. The molecule has 1 amide bonds. The lowest BCUT2D eigenvalue weighted by molar-refractivity contribution is 0.102. The summed E-state index contributed by atoms with van der Waals surface area (Å²) in [7, 11) is 0. The zero-order valence-electron chi connectivity index (χ0n) is 13.9. The monoisotopic (exact) mass is 321 g/mol. The minimum atomic E-state index is -0.177. The molecular weight excluding hydrogens is 302 g/mol. The van der Waals surface area contributed by atoms with E-state index in [1.807, 2.05) is 42.7 Å². The Hall–Kier alpha value is -3.02. The van der Waals surface area contributed by atoms with E-state index in [1.54, 1.807) is 18.7 Å². The summed E-state index contributed by atoms with van der Waals surface area (Å²) in [6.45, 7) is 5.98. The van der Waals surface area contributed by atoms with E-state index in [-0.39, 0.29) is 5.91 Å². The molecule has 0 unspecified atom stereocenters. The minimum Gasteiger partial charge on any atom is -0.319 e. The van der Waals surface area contributed by atoms with Crippen molar-refractivity contribution >= 4 is 11.6 Å². The van der Waals surface area contributed by atoms with E-state index >= 15 is 0 Å². The van der Waals surface area contributed by atoms with Gasteiger partial charge in [-0.1, -0.05) is 19.1 Å². The number of benzene rings is 1. The van der Waals surface area contributed by atoms with E-state index < -0.39 is 0 Å². The number of hydrogen-bond donors (Lipinski definition) is 1. The van der Waals surface area contributed by atoms with Crippen molar-refractivity contribution in [1.29, 1.82) is 0 Å². The maximum Gasteiger partial charge on any atom is 0.255 e. The first-order valence-corrected chi connectivity index (χ1v) is 7.81. The predicted molar refractivity (Wildman–Crippen MR) is 92.4 cm³/mol. The van der Waals surface area contributed by atoms with Gasteiger partial charge in [0.2, 0.25) is 5.95 Å². The Morgan fingerprint density at radius 2 is 1.75 bits per heavy atom. The van der Waals surface area contributed by atoms with E-state index in [2.05, 4.69) is 27.2 Å². The lowest BCUT2D eigenvalue weighted by Gasteiger charge is -2.07. The molecule has 0 aliphatic carbocycles. The summed E-state index contributed by atoms with van der Waals surface area (Å²) in [5.41, 5.74) is 4.29. The van der Waals surface area contributed by atoms with Crippen LogP contribution < -0.4 is 5.32 Å². The number of hydrogen-bond acceptors (Lipinski definition) is 4. The van der Waals surface area contributed by atoms with Crippen molar-refractivity contribution in [1.82, 2.24) is 19.5 Å². The first-order chi connectivity index (χ1) is 11.6. The lowest BCUT2D eigenvalue weighted by atomic mass is 10.1. The molecule has 0 fully saturated rings. The van der Waals surface area contributed by atoms with Crippen LogP contribution in [0.5, 0.6) is 0 Å². The van der Waals surface area contributed by atoms with Gasteiger partial charge in [0.1, 0.15) is 6.33 Å². The van der Waals surface area contributed by atoms with Crippen LogP contribution in [-0.2, 0) is 6.42 Å². The molecule has 0 saturated carbocycles. The largest absolute Gasteiger partial charge is 0.319 e. The maximum absolute atomic E-state index is 12.2. The standard InChI is InChI=1S/C18H19N5O/c1-4-14-5-7-15(8-6-14)17(24)22-16-9-19-18(20-10-16)23-11-21-12(2)13(23)3/h5-11H,4H2,1-3H3,(H,22,24). The van der Waals surface area contributed by atoms with Gasteiger partial charge < -0.3 is 5.32 Å². The summed E-state index contributed by atoms with van der Waals surface area (Å²) < 4.78 is 1.81. The van der Waals surface area contributed by atoms with Crippen molar-refractivity contribution in [2.24, 2.45) is 0 Å². The van der Waals surface area contributed by atoms with E-state index in [4.69, 9.17) is 0 Å². The Balaban J connectivity index is 1.73. The Morgan fingerprint density at radius 3 is 2.29 bits per heavy atom. The normalized spacial score (nSPS) is 10.6. The van der Waals surface area contributed by atoms with Crippen molar-refractivity contribution in [2.75, 3.05) is 5.32 Å². The highest BCUT2D eigenvalue weighted by Crippen LogP contribution is 2.12. The number of anilines is 1. The van der Waals surface area contributed by atoms with Gasteiger partial charge in [-0.25, -0.2) is 15.0 Å². The third kappa shape index (κ3) is 3.17. The number of carbonyl (C=O) groups is 1. The zero-order valence-corrected chi connectivity index (χ0v) is 13.9. The predicted octanol–water partition coefficient (Wildman–Crippen LogP) is 3.09. The van der Waals surface area contributed by atoms with Gasteiger partial charge >= 0.3 is 0 Å². The van der Waals surface area contributed by atoms with Crippen LogP contribution in [0.1, 0.15) is 34.2 Å². The van der Waals surface area contributed by atoms with Crippen LogP contribution >= 0.6 is 0 Å². The molecule has 0 aliphatic heterocycles. The minimum absolute atomic E-state index is 0.177. The van der Waals surface area contributed by atoms with Crippen LogP contribution in [0.2, 0.25) is 0 Å². The second kappa shape index (κ2) is 6.62. The number of nitrogens with zero attached hydrogens (tertiary/aromatic N) is 4. The third-order valence-corrected chi connectivity index (χ3v) is 3.99. The van der Waals surface area contributed by atoms with Crippen LogP contribution in [0.15, 0.2) is 43.0 Å². The van der Waals surface area contributed by atoms with Crippen molar-refractivity contribution in [3.63, 3.8) is 0 Å². The van der Waals surface area contributed by atoms with Gasteiger partial charge in [0, 0.05) is 11.3 Å². The molecule has 24 heavy (non-hydrogen) atoms. The molecule has 2 heterocycles. The van der Waals surface area contributed by atoms with Crippen molar-refractivity contribution < 1.29 is 4.79 Å². The Labute approximate surface area is 140 Å². The van der Waals surface area contributed by atoms with Crippen LogP contribution in [0, 0.1) is 13.8 Å². The fourth-order valence-corrected chi connectivity index (χ4v) is 2.31. The summed E-state index contributed by atoms with van der Waals surface area (Å²) in [5, 5.41) is 2.81. The first kappa shape index (κ1) is 15.9. The van der Waals surface area contributed by atoms with Crippen molar-refractivity contribution in [3.05, 3.63) is 65.5 Å². The molecule has 122 valence electrons. The van der Waals surface area contributed by atoms with E-state index in [0.717, 1.165) is 17.8 Å². The number of imidazole rings is 1. The van der Waals surface area contributed by atoms with E-state index in [9.17, 15) is 4.79 Å². The molecule has 6 heteroatoms. The maximum atomic E-state index is 12.2. The third-order valence-electron chi connectivity index (χ3n) is 3.99. The highest BCUT2D eigenvalue weighted by Gasteiger charge is 2.09. The molecule has 0 radical (unpaired) electrons. The number of nitrogens with one attached hydrogen (secondary N) is 1. The summed E-state index contributed by atoms with van der Waals surface area (Å²) in [6.07, 6.45) is 5.82. The molecule has 0 aliphatic rings. The SMILES string of the molecule is CCc1ccc(C(=O)Nc2cnc(-n3cnc(C)c3C)nc2)cc1. The highest BCUT2D eigenvalue weighted by molar-refractivity contribution is 6.04. The molecule has 0 spiro atoms. The number of rotatable bonds is 4. The molecule has 1 N–H and O–H groups in total. The second-order valence-electron chi connectivity index (χ2n) is 5.56. The summed E-state index contributed by atoms with van der Waals surface area (Å²) in [4.78, 5) is 25.1. The summed E-state index contributed by atoms with van der Waals surface area (Å²) in [5.74, 6) is 0.349. The zero-order chi connectivity index (χ0) is 17.1. The average molecular weight is 321 g/mol. The van der Waals surface area contributed by atoms with Crippen molar-refractivity contribution in [3.8, 4) is 5.95 Å². The molecule has 0 saturated heterocycles. The quantitative estimate of drug-likeness (QED) is 0.801. The van der Waals surface area contributed by atoms with Crippen LogP contribution in [-0.4, -0.2) is 25.4 Å². The number of aromatic nitrogens is 4. The summed E-state index contributed by atoms with van der Waals surface area (Å²) in [6, 6.07) is 7.55.